The van der Waals surface area contributed by atoms with E-state index in [1.165, 1.54) is 17.7 Å². The number of benzene rings is 2. The maximum absolute atomic E-state index is 12.7. The number of nitrogens with one attached hydrogen (secondary N) is 1. The predicted molar refractivity (Wildman–Crippen MR) is 72.6 cm³/mol. The summed E-state index contributed by atoms with van der Waals surface area (Å²) in [4.78, 5) is 0. The largest absolute Gasteiger partial charge is 0.381 e. The van der Waals surface area contributed by atoms with Gasteiger partial charge in [-0.1, -0.05) is 34.1 Å². The van der Waals surface area contributed by atoms with Gasteiger partial charge in [-0.05, 0) is 42.3 Å². The standard InChI is InChI=1S/C14H13BrFN/c1-10-13(15)3-2-4-14(10)17-9-11-5-7-12(16)8-6-11/h2-8,17H,9H2,1H3. The van der Waals surface area contributed by atoms with Gasteiger partial charge in [-0.3, -0.25) is 0 Å². The molecule has 2 aromatic carbocycles. The van der Waals surface area contributed by atoms with Crippen LogP contribution in [0.5, 0.6) is 0 Å². The van der Waals surface area contributed by atoms with Crippen molar-refractivity contribution in [2.75, 3.05) is 5.32 Å². The molecule has 0 unspecified atom stereocenters. The van der Waals surface area contributed by atoms with Crippen molar-refractivity contribution in [2.24, 2.45) is 0 Å². The molecule has 1 nitrogen and oxygen atoms in total. The lowest BCUT2D eigenvalue weighted by atomic mass is 10.2. The third-order valence-electron chi connectivity index (χ3n) is 2.66. The molecular formula is C14H13BrFN. The van der Waals surface area contributed by atoms with Crippen molar-refractivity contribution in [3.05, 3.63) is 63.9 Å². The molecule has 0 aliphatic heterocycles. The molecule has 0 aliphatic carbocycles. The molecule has 2 rings (SSSR count). The van der Waals surface area contributed by atoms with Crippen LogP contribution >= 0.6 is 15.9 Å². The summed E-state index contributed by atoms with van der Waals surface area (Å²) >= 11 is 3.49. The molecule has 0 amide bonds. The summed E-state index contributed by atoms with van der Waals surface area (Å²) in [5, 5.41) is 3.34. The van der Waals surface area contributed by atoms with Gasteiger partial charge >= 0.3 is 0 Å². The molecule has 0 heterocycles. The Balaban J connectivity index is 2.07. The van der Waals surface area contributed by atoms with Crippen LogP contribution in [0, 0.1) is 12.7 Å². The van der Waals surface area contributed by atoms with E-state index in [2.05, 4.69) is 28.2 Å². The summed E-state index contributed by atoms with van der Waals surface area (Å²) in [6, 6.07) is 12.6. The van der Waals surface area contributed by atoms with Gasteiger partial charge in [-0.25, -0.2) is 4.39 Å². The summed E-state index contributed by atoms with van der Waals surface area (Å²) in [5.41, 5.74) is 3.32. The number of rotatable bonds is 3. The van der Waals surface area contributed by atoms with Gasteiger partial charge in [-0.2, -0.15) is 0 Å². The monoisotopic (exact) mass is 293 g/mol. The van der Waals surface area contributed by atoms with Gasteiger partial charge in [0.1, 0.15) is 5.82 Å². The van der Waals surface area contributed by atoms with Crippen molar-refractivity contribution in [3.63, 3.8) is 0 Å². The molecule has 3 heteroatoms. The molecule has 1 N–H and O–H groups in total. The average molecular weight is 294 g/mol. The highest BCUT2D eigenvalue weighted by Gasteiger charge is 2.01. The van der Waals surface area contributed by atoms with Gasteiger partial charge in [-0.15, -0.1) is 0 Å². The fourth-order valence-electron chi connectivity index (χ4n) is 1.60. The van der Waals surface area contributed by atoms with Crippen molar-refractivity contribution in [1.82, 2.24) is 0 Å². The van der Waals surface area contributed by atoms with Crippen LogP contribution in [-0.4, -0.2) is 0 Å². The normalized spacial score (nSPS) is 10.3. The zero-order chi connectivity index (χ0) is 12.3. The zero-order valence-electron chi connectivity index (χ0n) is 9.50. The van der Waals surface area contributed by atoms with Crippen LogP contribution in [0.15, 0.2) is 46.9 Å². The van der Waals surface area contributed by atoms with Crippen molar-refractivity contribution >= 4 is 21.6 Å². The van der Waals surface area contributed by atoms with Crippen molar-refractivity contribution in [3.8, 4) is 0 Å². The van der Waals surface area contributed by atoms with Crippen molar-refractivity contribution < 1.29 is 4.39 Å². The second-order valence-electron chi connectivity index (χ2n) is 3.89. The minimum Gasteiger partial charge on any atom is -0.381 e. The van der Waals surface area contributed by atoms with Crippen molar-refractivity contribution in [1.29, 1.82) is 0 Å². The van der Waals surface area contributed by atoms with Crippen LogP contribution in [-0.2, 0) is 6.54 Å². The summed E-state index contributed by atoms with van der Waals surface area (Å²) in [5.74, 6) is -0.201. The fourth-order valence-corrected chi connectivity index (χ4v) is 1.96. The molecule has 88 valence electrons. The third kappa shape index (κ3) is 3.07. The van der Waals surface area contributed by atoms with E-state index >= 15 is 0 Å². The van der Waals surface area contributed by atoms with E-state index in [1.807, 2.05) is 18.2 Å². The van der Waals surface area contributed by atoms with Gasteiger partial charge in [0.25, 0.3) is 0 Å². The average Bonchev–Trinajstić information content (AvgIpc) is 2.33. The summed E-state index contributed by atoms with van der Waals surface area (Å²) in [6.07, 6.45) is 0. The molecule has 0 bridgehead atoms. The van der Waals surface area contributed by atoms with E-state index < -0.39 is 0 Å². The van der Waals surface area contributed by atoms with Crippen LogP contribution in [0.1, 0.15) is 11.1 Å². The summed E-state index contributed by atoms with van der Waals surface area (Å²) < 4.78 is 13.8. The predicted octanol–water partition coefficient (Wildman–Crippen LogP) is 4.51. The summed E-state index contributed by atoms with van der Waals surface area (Å²) in [7, 11) is 0. The molecule has 0 radical (unpaired) electrons. The maximum Gasteiger partial charge on any atom is 0.123 e. The van der Waals surface area contributed by atoms with E-state index in [4.69, 9.17) is 0 Å². The van der Waals surface area contributed by atoms with Crippen LogP contribution in [0.3, 0.4) is 0 Å². The topological polar surface area (TPSA) is 12.0 Å². The molecule has 0 aromatic heterocycles. The Kier molecular flexibility index (Phi) is 3.79. The van der Waals surface area contributed by atoms with Crippen LogP contribution in [0.4, 0.5) is 10.1 Å². The van der Waals surface area contributed by atoms with E-state index in [9.17, 15) is 4.39 Å². The Hall–Kier alpha value is -1.35. The number of hydrogen-bond donors (Lipinski definition) is 1. The minimum atomic E-state index is -0.201. The van der Waals surface area contributed by atoms with Crippen LogP contribution < -0.4 is 5.32 Å². The number of halogens is 2. The Labute approximate surface area is 109 Å². The zero-order valence-corrected chi connectivity index (χ0v) is 11.1. The van der Waals surface area contributed by atoms with Crippen LogP contribution in [0.25, 0.3) is 0 Å². The molecule has 0 fully saturated rings. The lowest BCUT2D eigenvalue weighted by molar-refractivity contribution is 0.627. The first-order valence-electron chi connectivity index (χ1n) is 5.40. The smallest absolute Gasteiger partial charge is 0.123 e. The fraction of sp³-hybridized carbons (Fsp3) is 0.143. The summed E-state index contributed by atoms with van der Waals surface area (Å²) in [6.45, 7) is 2.74. The Bertz CT molecular complexity index is 508. The second-order valence-corrected chi connectivity index (χ2v) is 4.75. The third-order valence-corrected chi connectivity index (χ3v) is 3.52. The molecule has 0 aliphatic rings. The minimum absolute atomic E-state index is 0.201. The first-order chi connectivity index (χ1) is 8.16. The van der Waals surface area contributed by atoms with Gasteiger partial charge in [0.2, 0.25) is 0 Å². The quantitative estimate of drug-likeness (QED) is 0.878. The molecule has 0 atom stereocenters. The lowest BCUT2D eigenvalue weighted by Crippen LogP contribution is -2.01. The van der Waals surface area contributed by atoms with E-state index in [-0.39, 0.29) is 5.82 Å². The molecular weight excluding hydrogens is 281 g/mol. The van der Waals surface area contributed by atoms with Gasteiger partial charge in [0.15, 0.2) is 0 Å². The number of anilines is 1. The van der Waals surface area contributed by atoms with Gasteiger partial charge < -0.3 is 5.32 Å². The lowest BCUT2D eigenvalue weighted by Gasteiger charge is -2.10. The Morgan fingerprint density at radius 2 is 1.82 bits per heavy atom. The highest BCUT2D eigenvalue weighted by molar-refractivity contribution is 9.10. The number of hydrogen-bond acceptors (Lipinski definition) is 1. The van der Waals surface area contributed by atoms with Gasteiger partial charge in [0.05, 0.1) is 0 Å². The molecule has 2 aromatic rings. The SMILES string of the molecule is Cc1c(Br)cccc1NCc1ccc(F)cc1. The van der Waals surface area contributed by atoms with E-state index in [0.29, 0.717) is 6.54 Å². The molecule has 0 saturated heterocycles. The highest BCUT2D eigenvalue weighted by Crippen LogP contribution is 2.23. The second kappa shape index (κ2) is 5.32. The van der Waals surface area contributed by atoms with Crippen LogP contribution in [0.2, 0.25) is 0 Å². The Morgan fingerprint density at radius 1 is 1.12 bits per heavy atom. The van der Waals surface area contributed by atoms with Crippen molar-refractivity contribution in [2.45, 2.75) is 13.5 Å². The first kappa shape index (κ1) is 12.1. The molecule has 17 heavy (non-hydrogen) atoms. The first-order valence-corrected chi connectivity index (χ1v) is 6.19. The maximum atomic E-state index is 12.7. The molecule has 0 saturated carbocycles. The van der Waals surface area contributed by atoms with Gasteiger partial charge in [0, 0.05) is 16.7 Å². The molecule has 0 spiro atoms. The van der Waals surface area contributed by atoms with E-state index in [1.54, 1.807) is 12.1 Å². The van der Waals surface area contributed by atoms with E-state index in [0.717, 1.165) is 15.7 Å². The highest BCUT2D eigenvalue weighted by atomic mass is 79.9. The Morgan fingerprint density at radius 3 is 2.53 bits per heavy atom.